The van der Waals surface area contributed by atoms with Crippen LogP contribution in [0.15, 0.2) is 42.5 Å². The van der Waals surface area contributed by atoms with Crippen molar-refractivity contribution in [3.63, 3.8) is 0 Å². The summed E-state index contributed by atoms with van der Waals surface area (Å²) in [7, 11) is 0. The first-order chi connectivity index (χ1) is 11.1. The molecule has 112 valence electrons. The quantitative estimate of drug-likeness (QED) is 0.409. The van der Waals surface area contributed by atoms with Crippen LogP contribution in [0.5, 0.6) is 0 Å². The molecule has 2 aromatic carbocycles. The van der Waals surface area contributed by atoms with Crippen LogP contribution in [0.25, 0.3) is 10.2 Å². The number of thiazole rings is 1. The third-order valence-corrected chi connectivity index (χ3v) is 4.93. The number of hydrogen-bond acceptors (Lipinski definition) is 6. The summed E-state index contributed by atoms with van der Waals surface area (Å²) in [5.74, 6) is -2.05. The molecular weight excluding hydrogens is 316 g/mol. The first kappa shape index (κ1) is 13.7. The Bertz CT molecular complexity index is 975. The Balaban J connectivity index is 1.89. The Morgan fingerprint density at radius 3 is 2.57 bits per heavy atom. The van der Waals surface area contributed by atoms with Crippen LogP contribution in [0.2, 0.25) is 0 Å². The van der Waals surface area contributed by atoms with Crippen molar-refractivity contribution >= 4 is 38.8 Å². The zero-order valence-corrected chi connectivity index (χ0v) is 12.4. The van der Waals surface area contributed by atoms with Gasteiger partial charge in [-0.15, -0.1) is 11.3 Å². The number of nitro groups is 1. The average Bonchev–Trinajstić information content (AvgIpc) is 3.07. The lowest BCUT2D eigenvalue weighted by Gasteiger charge is -2.00. The van der Waals surface area contributed by atoms with E-state index in [1.54, 1.807) is 6.07 Å². The van der Waals surface area contributed by atoms with Gasteiger partial charge in [0.2, 0.25) is 0 Å². The van der Waals surface area contributed by atoms with Crippen LogP contribution in [0.1, 0.15) is 31.6 Å². The fourth-order valence-electron chi connectivity index (χ4n) is 2.81. The van der Waals surface area contributed by atoms with E-state index < -0.39 is 22.4 Å². The summed E-state index contributed by atoms with van der Waals surface area (Å²) in [6, 6.07) is 11.4. The maximum Gasteiger partial charge on any atom is 0.280 e. The monoisotopic (exact) mass is 324 g/mol. The molecule has 0 radical (unpaired) electrons. The highest BCUT2D eigenvalue weighted by molar-refractivity contribution is 7.18. The fourth-order valence-corrected chi connectivity index (χ4v) is 3.88. The number of para-hydroxylation sites is 1. The van der Waals surface area contributed by atoms with Gasteiger partial charge in [-0.1, -0.05) is 24.3 Å². The molecule has 6 nitrogen and oxygen atoms in total. The molecule has 23 heavy (non-hydrogen) atoms. The highest BCUT2D eigenvalue weighted by Crippen LogP contribution is 2.40. The molecule has 3 aromatic rings. The van der Waals surface area contributed by atoms with Gasteiger partial charge >= 0.3 is 0 Å². The highest BCUT2D eigenvalue weighted by Gasteiger charge is 2.45. The molecule has 0 fully saturated rings. The molecule has 0 spiro atoms. The van der Waals surface area contributed by atoms with E-state index in [0.717, 1.165) is 4.70 Å². The van der Waals surface area contributed by atoms with Crippen LogP contribution in [0.4, 0.5) is 5.69 Å². The van der Waals surface area contributed by atoms with Crippen molar-refractivity contribution in [3.05, 3.63) is 68.7 Å². The topological polar surface area (TPSA) is 90.2 Å². The number of hydrogen-bond donors (Lipinski definition) is 0. The minimum absolute atomic E-state index is 0.105. The number of fused-ring (bicyclic) bond motifs is 2. The van der Waals surface area contributed by atoms with E-state index in [0.29, 0.717) is 10.5 Å². The van der Waals surface area contributed by atoms with E-state index in [2.05, 4.69) is 4.98 Å². The molecule has 0 unspecified atom stereocenters. The fraction of sp³-hybridized carbons (Fsp3) is 0.0625. The number of nitro benzene ring substituents is 1. The van der Waals surface area contributed by atoms with Crippen LogP contribution in [-0.4, -0.2) is 21.5 Å². The van der Waals surface area contributed by atoms with E-state index in [1.165, 1.54) is 29.5 Å². The molecule has 0 amide bonds. The molecular formula is C16H8N2O4S. The lowest BCUT2D eigenvalue weighted by molar-refractivity contribution is -0.385. The van der Waals surface area contributed by atoms with E-state index in [-0.39, 0.29) is 16.8 Å². The summed E-state index contributed by atoms with van der Waals surface area (Å²) < 4.78 is 0.869. The third-order valence-electron chi connectivity index (χ3n) is 3.83. The Morgan fingerprint density at radius 2 is 1.83 bits per heavy atom. The molecule has 0 N–H and O–H groups in total. The summed E-state index contributed by atoms with van der Waals surface area (Å²) in [6.07, 6.45) is 0. The molecule has 7 heteroatoms. The molecule has 1 heterocycles. The molecule has 0 saturated carbocycles. The Labute approximate surface area is 133 Å². The number of aromatic nitrogens is 1. The molecule has 1 aromatic heterocycles. The van der Waals surface area contributed by atoms with Gasteiger partial charge in [0.15, 0.2) is 11.6 Å². The minimum atomic E-state index is -1.08. The van der Waals surface area contributed by atoms with Gasteiger partial charge in [0, 0.05) is 11.6 Å². The highest BCUT2D eigenvalue weighted by atomic mass is 32.1. The molecule has 4 rings (SSSR count). The standard InChI is InChI=1S/C16H8N2O4S/c19-14-8-4-3-6-10(18(21)22)12(8)15(20)13(14)16-17-9-5-1-2-7-11(9)23-16/h1-7,13H/t13-/m1/s1. The van der Waals surface area contributed by atoms with Crippen molar-refractivity contribution in [2.24, 2.45) is 0 Å². The number of carbonyl (C=O) groups is 2. The van der Waals surface area contributed by atoms with Crippen molar-refractivity contribution in [2.75, 3.05) is 0 Å². The van der Waals surface area contributed by atoms with Gasteiger partial charge in [0.05, 0.1) is 15.1 Å². The van der Waals surface area contributed by atoms with Gasteiger partial charge in [0.1, 0.15) is 16.5 Å². The zero-order valence-electron chi connectivity index (χ0n) is 11.6. The Hall–Kier alpha value is -2.93. The summed E-state index contributed by atoms with van der Waals surface area (Å²) >= 11 is 1.26. The van der Waals surface area contributed by atoms with Gasteiger partial charge in [0.25, 0.3) is 5.69 Å². The second kappa shape index (κ2) is 4.79. The molecule has 1 atom stereocenters. The predicted octanol–water partition coefficient (Wildman–Crippen LogP) is 3.37. The molecule has 0 saturated heterocycles. The largest absolute Gasteiger partial charge is 0.293 e. The van der Waals surface area contributed by atoms with Crippen molar-refractivity contribution in [1.82, 2.24) is 4.98 Å². The second-order valence-corrected chi connectivity index (χ2v) is 6.20. The molecule has 0 bridgehead atoms. The van der Waals surface area contributed by atoms with Crippen LogP contribution in [0, 0.1) is 10.1 Å². The minimum Gasteiger partial charge on any atom is -0.293 e. The number of carbonyl (C=O) groups excluding carboxylic acids is 2. The molecule has 0 aliphatic heterocycles. The van der Waals surface area contributed by atoms with Gasteiger partial charge in [-0.3, -0.25) is 19.7 Å². The second-order valence-electron chi connectivity index (χ2n) is 5.14. The lowest BCUT2D eigenvalue weighted by atomic mass is 10.1. The Kier molecular flexibility index (Phi) is 2.85. The van der Waals surface area contributed by atoms with Crippen LogP contribution >= 0.6 is 11.3 Å². The summed E-state index contributed by atoms with van der Waals surface area (Å²) in [4.78, 5) is 40.1. The van der Waals surface area contributed by atoms with Crippen LogP contribution in [0.3, 0.4) is 0 Å². The number of Topliss-reactive ketones (excluding diaryl/α,β-unsaturated/α-hetero) is 2. The van der Waals surface area contributed by atoms with Gasteiger partial charge in [-0.05, 0) is 12.1 Å². The number of nitrogens with zero attached hydrogens (tertiary/aromatic N) is 2. The first-order valence-corrected chi connectivity index (χ1v) is 7.61. The summed E-state index contributed by atoms with van der Waals surface area (Å²) in [5, 5.41) is 11.5. The van der Waals surface area contributed by atoms with Gasteiger partial charge < -0.3 is 0 Å². The van der Waals surface area contributed by atoms with Crippen molar-refractivity contribution in [3.8, 4) is 0 Å². The number of ketones is 2. The predicted molar refractivity (Wildman–Crippen MR) is 84.1 cm³/mol. The van der Waals surface area contributed by atoms with E-state index >= 15 is 0 Å². The van der Waals surface area contributed by atoms with Crippen LogP contribution < -0.4 is 0 Å². The zero-order chi connectivity index (χ0) is 16.1. The maximum atomic E-state index is 12.7. The maximum absolute atomic E-state index is 12.7. The smallest absolute Gasteiger partial charge is 0.280 e. The normalized spacial score (nSPS) is 16.8. The van der Waals surface area contributed by atoms with Gasteiger partial charge in [-0.25, -0.2) is 4.98 Å². The van der Waals surface area contributed by atoms with Gasteiger partial charge in [-0.2, -0.15) is 0 Å². The van der Waals surface area contributed by atoms with Crippen LogP contribution in [-0.2, 0) is 0 Å². The SMILES string of the molecule is O=C1c2cccc([N+](=O)[O-])c2C(=O)[C@@H]1c1nc2ccccc2s1. The van der Waals surface area contributed by atoms with E-state index in [1.807, 2.05) is 18.2 Å². The molecule has 1 aliphatic carbocycles. The number of rotatable bonds is 2. The summed E-state index contributed by atoms with van der Waals surface area (Å²) in [6.45, 7) is 0. The van der Waals surface area contributed by atoms with Crippen molar-refractivity contribution in [1.29, 1.82) is 0 Å². The number of benzene rings is 2. The van der Waals surface area contributed by atoms with Crippen molar-refractivity contribution in [2.45, 2.75) is 5.92 Å². The summed E-state index contributed by atoms with van der Waals surface area (Å²) in [5.41, 5.74) is 0.378. The van der Waals surface area contributed by atoms with Crippen molar-refractivity contribution < 1.29 is 14.5 Å². The Morgan fingerprint density at radius 1 is 1.04 bits per heavy atom. The first-order valence-electron chi connectivity index (χ1n) is 6.79. The van der Waals surface area contributed by atoms with E-state index in [4.69, 9.17) is 0 Å². The third kappa shape index (κ3) is 1.90. The lowest BCUT2D eigenvalue weighted by Crippen LogP contribution is -2.12. The average molecular weight is 324 g/mol. The van der Waals surface area contributed by atoms with E-state index in [9.17, 15) is 19.7 Å². The molecule has 1 aliphatic rings.